The summed E-state index contributed by atoms with van der Waals surface area (Å²) in [6, 6.07) is 14.0. The molecule has 0 aromatic heterocycles. The number of benzene rings is 2. The van der Waals surface area contributed by atoms with Crippen LogP contribution in [0.1, 0.15) is 74.1 Å². The zero-order valence-electron chi connectivity index (χ0n) is 26.4. The van der Waals surface area contributed by atoms with Crippen molar-refractivity contribution in [3.63, 3.8) is 0 Å². The number of amides is 2. The van der Waals surface area contributed by atoms with Crippen LogP contribution in [-0.2, 0) is 19.1 Å². The molecule has 6 nitrogen and oxygen atoms in total. The third kappa shape index (κ3) is 8.30. The molecule has 0 radical (unpaired) electrons. The molecule has 0 N–H and O–H groups in total. The number of rotatable bonds is 7. The maximum absolute atomic E-state index is 14.3. The molecule has 2 aliphatic heterocycles. The fourth-order valence-electron chi connectivity index (χ4n) is 6.09. The smallest absolute Gasteiger partial charge is 0.309 e. The van der Waals surface area contributed by atoms with Crippen LogP contribution in [0.15, 0.2) is 42.5 Å². The first-order chi connectivity index (χ1) is 20.4. The molecule has 43 heavy (non-hydrogen) atoms. The van der Waals surface area contributed by atoms with Gasteiger partial charge in [0.1, 0.15) is 8.07 Å². The topological polar surface area (TPSA) is 66.9 Å². The number of hydrogen-bond acceptors (Lipinski definition) is 4. The fourth-order valence-corrected chi connectivity index (χ4v) is 6.78. The maximum atomic E-state index is 14.3. The lowest BCUT2D eigenvalue weighted by Crippen LogP contribution is -2.48. The van der Waals surface area contributed by atoms with Crippen molar-refractivity contribution in [3.05, 3.63) is 69.7 Å². The van der Waals surface area contributed by atoms with E-state index in [1.165, 1.54) is 0 Å². The number of likely N-dealkylation sites (tertiary alicyclic amines) is 1. The lowest BCUT2D eigenvalue weighted by atomic mass is 9.81. The van der Waals surface area contributed by atoms with Gasteiger partial charge in [0.2, 0.25) is 11.8 Å². The molecule has 2 unspecified atom stereocenters. The fraction of sp³-hybridized carbons (Fsp3) is 0.514. The minimum Gasteiger partial charge on any atom is -0.466 e. The lowest BCUT2D eigenvalue weighted by molar-refractivity contribution is -0.151. The summed E-state index contributed by atoms with van der Waals surface area (Å²) in [5.41, 5.74) is 7.50. The molecule has 2 aliphatic rings. The van der Waals surface area contributed by atoms with E-state index in [1.807, 2.05) is 36.4 Å². The Bertz CT molecular complexity index is 1400. The molecule has 0 aliphatic carbocycles. The monoisotopic (exact) mass is 620 g/mol. The minimum atomic E-state index is -1.64. The largest absolute Gasteiger partial charge is 0.466 e. The van der Waals surface area contributed by atoms with Gasteiger partial charge in [-0.2, -0.15) is 0 Å². The normalized spacial score (nSPS) is 19.4. The molecule has 230 valence electrons. The van der Waals surface area contributed by atoms with E-state index in [-0.39, 0.29) is 48.0 Å². The average Bonchev–Trinajstić information content (AvgIpc) is 3.06. The molecule has 0 bridgehead atoms. The van der Waals surface area contributed by atoms with Crippen LogP contribution in [0.2, 0.25) is 24.7 Å². The zero-order chi connectivity index (χ0) is 31.3. The van der Waals surface area contributed by atoms with Crippen LogP contribution >= 0.6 is 11.6 Å². The van der Waals surface area contributed by atoms with Crippen molar-refractivity contribution in [2.75, 3.05) is 32.8 Å². The molecule has 0 saturated carbocycles. The van der Waals surface area contributed by atoms with Crippen LogP contribution in [0.4, 0.5) is 0 Å². The number of nitrogens with zero attached hydrogens (tertiary/aromatic N) is 2. The summed E-state index contributed by atoms with van der Waals surface area (Å²) in [4.78, 5) is 43.8. The van der Waals surface area contributed by atoms with E-state index >= 15 is 0 Å². The van der Waals surface area contributed by atoms with Gasteiger partial charge in [0.25, 0.3) is 0 Å². The van der Waals surface area contributed by atoms with Gasteiger partial charge in [-0.3, -0.25) is 14.4 Å². The number of ether oxygens (including phenoxy) is 1. The molecule has 0 spiro atoms. The van der Waals surface area contributed by atoms with Gasteiger partial charge in [-0.15, -0.1) is 5.54 Å². The standard InChI is InChI=1S/C35H45ClN2O4Si/c1-7-42-35(41)26-14-17-37(18-15-26)33(39)23-38-22-32(28-11-9-8-10-25(28)16-19-43(4,5)6)30-21-27(36)12-13-29(30)31(34(38)40)20-24(2)3/h8-13,21,24,26,31-32H,7,14-15,17-18,20,22-23H2,1-6H3. The molecular formula is C35H45ClN2O4Si. The minimum absolute atomic E-state index is 0.00152. The second-order valence-electron chi connectivity index (χ2n) is 13.2. The Labute approximate surface area is 263 Å². The van der Waals surface area contributed by atoms with Crippen molar-refractivity contribution in [1.82, 2.24) is 9.80 Å². The van der Waals surface area contributed by atoms with Crippen molar-refractivity contribution in [3.8, 4) is 11.5 Å². The Balaban J connectivity index is 1.71. The quantitative estimate of drug-likeness (QED) is 0.202. The van der Waals surface area contributed by atoms with E-state index in [9.17, 15) is 14.4 Å². The number of hydrogen-bond donors (Lipinski definition) is 0. The molecule has 8 heteroatoms. The number of halogens is 1. The Hall–Kier alpha value is -3.08. The number of esters is 1. The highest BCUT2D eigenvalue weighted by molar-refractivity contribution is 6.83. The van der Waals surface area contributed by atoms with Crippen LogP contribution in [0.3, 0.4) is 0 Å². The molecule has 1 fully saturated rings. The number of carbonyl (C=O) groups excluding carboxylic acids is 3. The Morgan fingerprint density at radius 1 is 1.05 bits per heavy atom. The first-order valence-electron chi connectivity index (χ1n) is 15.5. The first-order valence-corrected chi connectivity index (χ1v) is 19.4. The zero-order valence-corrected chi connectivity index (χ0v) is 28.2. The lowest BCUT2D eigenvalue weighted by Gasteiger charge is -2.34. The van der Waals surface area contributed by atoms with Crippen molar-refractivity contribution in [2.45, 2.75) is 71.5 Å². The molecular weight excluding hydrogens is 576 g/mol. The van der Waals surface area contributed by atoms with E-state index in [0.717, 1.165) is 22.3 Å². The summed E-state index contributed by atoms with van der Waals surface area (Å²) >= 11 is 6.59. The summed E-state index contributed by atoms with van der Waals surface area (Å²) in [6.07, 6.45) is 1.82. The van der Waals surface area contributed by atoms with Crippen molar-refractivity contribution < 1.29 is 19.1 Å². The van der Waals surface area contributed by atoms with Crippen molar-refractivity contribution >= 4 is 37.5 Å². The summed E-state index contributed by atoms with van der Waals surface area (Å²) in [5, 5.41) is 0.624. The molecule has 1 saturated heterocycles. The highest BCUT2D eigenvalue weighted by atomic mass is 35.5. The second kappa shape index (κ2) is 14.1. The van der Waals surface area contributed by atoms with Gasteiger partial charge >= 0.3 is 5.97 Å². The summed E-state index contributed by atoms with van der Waals surface area (Å²) in [7, 11) is -1.64. The van der Waals surface area contributed by atoms with Crippen LogP contribution in [0.5, 0.6) is 0 Å². The van der Waals surface area contributed by atoms with Gasteiger partial charge in [0, 0.05) is 36.1 Å². The molecule has 2 aromatic rings. The summed E-state index contributed by atoms with van der Waals surface area (Å²) in [5.74, 6) is 2.69. The predicted molar refractivity (Wildman–Crippen MR) is 175 cm³/mol. The van der Waals surface area contributed by atoms with Gasteiger partial charge in [0.05, 0.1) is 25.0 Å². The number of carbonyl (C=O) groups is 3. The van der Waals surface area contributed by atoms with Crippen LogP contribution in [0.25, 0.3) is 0 Å². The van der Waals surface area contributed by atoms with Crippen molar-refractivity contribution in [1.29, 1.82) is 0 Å². The Morgan fingerprint density at radius 2 is 1.74 bits per heavy atom. The van der Waals surface area contributed by atoms with Gasteiger partial charge in [-0.05, 0) is 67.0 Å². The Kier molecular flexibility index (Phi) is 10.8. The SMILES string of the molecule is CCOC(=O)C1CCN(C(=O)CN2CC(c3ccccc3C#C[Si](C)(C)C)c3cc(Cl)ccc3C(CC(C)C)C2=O)CC1. The predicted octanol–water partition coefficient (Wildman–Crippen LogP) is 6.47. The first kappa shape index (κ1) is 32.8. The molecule has 2 amide bonds. The van der Waals surface area contributed by atoms with Gasteiger partial charge < -0.3 is 14.5 Å². The number of fused-ring (bicyclic) bond motifs is 1. The van der Waals surface area contributed by atoms with Gasteiger partial charge in [-0.1, -0.05) is 75.3 Å². The highest BCUT2D eigenvalue weighted by Crippen LogP contribution is 2.41. The van der Waals surface area contributed by atoms with Gasteiger partial charge in [0.15, 0.2) is 0 Å². The third-order valence-corrected chi connectivity index (χ3v) is 9.33. The van der Waals surface area contributed by atoms with E-state index in [1.54, 1.807) is 16.7 Å². The van der Waals surface area contributed by atoms with E-state index in [4.69, 9.17) is 16.3 Å². The van der Waals surface area contributed by atoms with Crippen LogP contribution in [0, 0.1) is 23.3 Å². The van der Waals surface area contributed by atoms with Gasteiger partial charge in [-0.25, -0.2) is 0 Å². The summed E-state index contributed by atoms with van der Waals surface area (Å²) in [6.45, 7) is 14.4. The van der Waals surface area contributed by atoms with Crippen molar-refractivity contribution in [2.24, 2.45) is 11.8 Å². The van der Waals surface area contributed by atoms with Crippen LogP contribution in [-0.4, -0.2) is 68.4 Å². The van der Waals surface area contributed by atoms with E-state index in [2.05, 4.69) is 51.0 Å². The third-order valence-electron chi connectivity index (χ3n) is 8.22. The molecule has 2 aromatic carbocycles. The van der Waals surface area contributed by atoms with E-state index < -0.39 is 8.07 Å². The summed E-state index contributed by atoms with van der Waals surface area (Å²) < 4.78 is 5.20. The highest BCUT2D eigenvalue weighted by Gasteiger charge is 2.38. The molecule has 2 heterocycles. The maximum Gasteiger partial charge on any atom is 0.309 e. The van der Waals surface area contributed by atoms with Crippen LogP contribution < -0.4 is 0 Å². The molecule has 4 rings (SSSR count). The Morgan fingerprint density at radius 3 is 2.40 bits per heavy atom. The molecule has 2 atom stereocenters. The average molecular weight is 621 g/mol. The second-order valence-corrected chi connectivity index (χ2v) is 18.4. The number of piperidine rings is 1. The van der Waals surface area contributed by atoms with E-state index in [0.29, 0.717) is 50.5 Å².